The third-order valence-electron chi connectivity index (χ3n) is 3.60. The predicted molar refractivity (Wildman–Crippen MR) is 84.0 cm³/mol. The highest BCUT2D eigenvalue weighted by Gasteiger charge is 2.17. The van der Waals surface area contributed by atoms with Crippen molar-refractivity contribution in [3.8, 4) is 0 Å². The van der Waals surface area contributed by atoms with Crippen LogP contribution in [0.5, 0.6) is 0 Å². The van der Waals surface area contributed by atoms with Crippen LogP contribution in [0, 0.1) is 0 Å². The third kappa shape index (κ3) is 4.89. The van der Waals surface area contributed by atoms with Crippen molar-refractivity contribution in [2.75, 3.05) is 32.7 Å². The molecule has 1 fully saturated rings. The van der Waals surface area contributed by atoms with Gasteiger partial charge in [0.1, 0.15) is 0 Å². The Kier molecular flexibility index (Phi) is 6.50. The molecular formula is C15H25N3OS. The quantitative estimate of drug-likeness (QED) is 0.844. The molecule has 20 heavy (non-hydrogen) atoms. The first-order chi connectivity index (χ1) is 9.79. The lowest BCUT2D eigenvalue weighted by Gasteiger charge is -2.22. The zero-order chi connectivity index (χ0) is 14.2. The van der Waals surface area contributed by atoms with Gasteiger partial charge in [0.25, 0.3) is 0 Å². The number of thiophene rings is 1. The number of nitrogens with one attached hydrogen (secondary N) is 2. The van der Waals surface area contributed by atoms with Crippen LogP contribution >= 0.6 is 11.3 Å². The average molecular weight is 295 g/mol. The molecule has 1 unspecified atom stereocenters. The van der Waals surface area contributed by atoms with Crippen molar-refractivity contribution in [2.45, 2.75) is 32.2 Å². The molecule has 112 valence electrons. The minimum absolute atomic E-state index is 0.152. The third-order valence-corrected chi connectivity index (χ3v) is 4.59. The molecular weight excluding hydrogens is 270 g/mol. The highest BCUT2D eigenvalue weighted by Crippen LogP contribution is 2.23. The average Bonchev–Trinajstić information content (AvgIpc) is 2.85. The maximum absolute atomic E-state index is 12.2. The van der Waals surface area contributed by atoms with Crippen molar-refractivity contribution < 1.29 is 4.79 Å². The number of carbonyl (C=O) groups is 1. The molecule has 1 aromatic heterocycles. The fraction of sp³-hybridized carbons (Fsp3) is 0.667. The number of nitrogens with zero attached hydrogens (tertiary/aromatic N) is 1. The van der Waals surface area contributed by atoms with Crippen LogP contribution in [-0.2, 0) is 4.79 Å². The number of rotatable bonds is 6. The maximum Gasteiger partial charge on any atom is 0.234 e. The fourth-order valence-corrected chi connectivity index (χ4v) is 3.38. The van der Waals surface area contributed by atoms with E-state index in [2.05, 4.69) is 40.0 Å². The molecule has 1 aliphatic heterocycles. The van der Waals surface area contributed by atoms with Crippen molar-refractivity contribution in [3.63, 3.8) is 0 Å². The molecule has 1 amide bonds. The fourth-order valence-electron chi connectivity index (χ4n) is 2.57. The van der Waals surface area contributed by atoms with E-state index in [9.17, 15) is 4.79 Å². The zero-order valence-corrected chi connectivity index (χ0v) is 13.0. The lowest BCUT2D eigenvalue weighted by Crippen LogP contribution is -2.40. The van der Waals surface area contributed by atoms with Gasteiger partial charge in [-0.2, -0.15) is 0 Å². The lowest BCUT2D eigenvalue weighted by atomic mass is 10.1. The van der Waals surface area contributed by atoms with E-state index in [0.717, 1.165) is 45.4 Å². The monoisotopic (exact) mass is 295 g/mol. The Hall–Kier alpha value is -0.910. The topological polar surface area (TPSA) is 44.4 Å². The minimum Gasteiger partial charge on any atom is -0.347 e. The summed E-state index contributed by atoms with van der Waals surface area (Å²) < 4.78 is 0. The van der Waals surface area contributed by atoms with Crippen molar-refractivity contribution in [1.29, 1.82) is 0 Å². The number of hydrogen-bond acceptors (Lipinski definition) is 4. The SMILES string of the molecule is CCCC(NC(=O)CN1CCCNCC1)c1cccs1. The van der Waals surface area contributed by atoms with Gasteiger partial charge in [0.15, 0.2) is 0 Å². The molecule has 0 bridgehead atoms. The lowest BCUT2D eigenvalue weighted by molar-refractivity contribution is -0.123. The van der Waals surface area contributed by atoms with Gasteiger partial charge in [-0.3, -0.25) is 9.69 Å². The summed E-state index contributed by atoms with van der Waals surface area (Å²) in [5.41, 5.74) is 0. The molecule has 0 aromatic carbocycles. The molecule has 2 heterocycles. The Morgan fingerprint density at radius 3 is 3.15 bits per heavy atom. The van der Waals surface area contributed by atoms with Crippen molar-refractivity contribution in [2.24, 2.45) is 0 Å². The molecule has 5 heteroatoms. The second-order valence-corrected chi connectivity index (χ2v) is 6.28. The van der Waals surface area contributed by atoms with Crippen LogP contribution in [0.1, 0.15) is 37.1 Å². The van der Waals surface area contributed by atoms with E-state index >= 15 is 0 Å². The number of carbonyl (C=O) groups excluding carboxylic acids is 1. The van der Waals surface area contributed by atoms with Crippen molar-refractivity contribution in [1.82, 2.24) is 15.5 Å². The minimum atomic E-state index is 0.152. The van der Waals surface area contributed by atoms with Crippen molar-refractivity contribution in [3.05, 3.63) is 22.4 Å². The van der Waals surface area contributed by atoms with Gasteiger partial charge in [-0.25, -0.2) is 0 Å². The first kappa shape index (κ1) is 15.5. The van der Waals surface area contributed by atoms with Crippen LogP contribution in [0.25, 0.3) is 0 Å². The van der Waals surface area contributed by atoms with Gasteiger partial charge < -0.3 is 10.6 Å². The van der Waals surface area contributed by atoms with E-state index in [1.807, 2.05) is 0 Å². The predicted octanol–water partition coefficient (Wildman–Crippen LogP) is 2.00. The standard InChI is InChI=1S/C15H25N3OS/c1-2-5-13(14-6-3-11-20-14)17-15(19)12-18-9-4-7-16-8-10-18/h3,6,11,13,16H,2,4-5,7-10,12H2,1H3,(H,17,19). The van der Waals surface area contributed by atoms with Crippen LogP contribution in [0.4, 0.5) is 0 Å². The molecule has 0 radical (unpaired) electrons. The molecule has 1 atom stereocenters. The molecule has 0 saturated carbocycles. The highest BCUT2D eigenvalue weighted by atomic mass is 32.1. The van der Waals surface area contributed by atoms with Crippen LogP contribution in [-0.4, -0.2) is 43.5 Å². The molecule has 1 aromatic rings. The second-order valence-electron chi connectivity index (χ2n) is 5.30. The molecule has 1 saturated heterocycles. The summed E-state index contributed by atoms with van der Waals surface area (Å²) in [6.07, 6.45) is 3.21. The van der Waals surface area contributed by atoms with Crippen molar-refractivity contribution >= 4 is 17.2 Å². The van der Waals surface area contributed by atoms with E-state index in [-0.39, 0.29) is 11.9 Å². The van der Waals surface area contributed by atoms with Gasteiger partial charge in [-0.05, 0) is 37.4 Å². The van der Waals surface area contributed by atoms with Gasteiger partial charge in [0, 0.05) is 18.0 Å². The second kappa shape index (κ2) is 8.39. The van der Waals surface area contributed by atoms with E-state index < -0.39 is 0 Å². The van der Waals surface area contributed by atoms with Gasteiger partial charge in [0.05, 0.1) is 12.6 Å². The summed E-state index contributed by atoms with van der Waals surface area (Å²) >= 11 is 1.72. The molecule has 0 spiro atoms. The van der Waals surface area contributed by atoms with Crippen LogP contribution in [0.2, 0.25) is 0 Å². The highest BCUT2D eigenvalue weighted by molar-refractivity contribution is 7.10. The number of hydrogen-bond donors (Lipinski definition) is 2. The summed E-state index contributed by atoms with van der Waals surface area (Å²) in [5.74, 6) is 0.152. The smallest absolute Gasteiger partial charge is 0.234 e. The van der Waals surface area contributed by atoms with Crippen LogP contribution in [0.3, 0.4) is 0 Å². The summed E-state index contributed by atoms with van der Waals surface area (Å²) in [5, 5.41) is 8.63. The van der Waals surface area contributed by atoms with E-state index in [1.54, 1.807) is 11.3 Å². The summed E-state index contributed by atoms with van der Waals surface area (Å²) in [7, 11) is 0. The Bertz CT molecular complexity index is 386. The first-order valence-electron chi connectivity index (χ1n) is 7.55. The summed E-state index contributed by atoms with van der Waals surface area (Å²) in [6.45, 7) is 6.70. The Morgan fingerprint density at radius 1 is 1.50 bits per heavy atom. The Morgan fingerprint density at radius 2 is 2.40 bits per heavy atom. The molecule has 0 aliphatic carbocycles. The zero-order valence-electron chi connectivity index (χ0n) is 12.2. The Labute approximate surface area is 125 Å². The van der Waals surface area contributed by atoms with Crippen LogP contribution in [0.15, 0.2) is 17.5 Å². The van der Waals surface area contributed by atoms with Gasteiger partial charge in [-0.15, -0.1) is 11.3 Å². The normalized spacial score (nSPS) is 18.4. The molecule has 2 rings (SSSR count). The van der Waals surface area contributed by atoms with E-state index in [0.29, 0.717) is 6.54 Å². The molecule has 2 N–H and O–H groups in total. The van der Waals surface area contributed by atoms with Gasteiger partial charge >= 0.3 is 0 Å². The van der Waals surface area contributed by atoms with Gasteiger partial charge in [0.2, 0.25) is 5.91 Å². The first-order valence-corrected chi connectivity index (χ1v) is 8.43. The number of amides is 1. The molecule has 1 aliphatic rings. The maximum atomic E-state index is 12.2. The molecule has 4 nitrogen and oxygen atoms in total. The largest absolute Gasteiger partial charge is 0.347 e. The van der Waals surface area contributed by atoms with Gasteiger partial charge in [-0.1, -0.05) is 19.4 Å². The van der Waals surface area contributed by atoms with E-state index in [1.165, 1.54) is 4.88 Å². The van der Waals surface area contributed by atoms with Crippen LogP contribution < -0.4 is 10.6 Å². The summed E-state index contributed by atoms with van der Waals surface area (Å²) in [6, 6.07) is 4.34. The summed E-state index contributed by atoms with van der Waals surface area (Å²) in [4.78, 5) is 15.7. The Balaban J connectivity index is 1.84. The van der Waals surface area contributed by atoms with E-state index in [4.69, 9.17) is 0 Å².